The Kier molecular flexibility index (Phi) is 4.58. The van der Waals surface area contributed by atoms with Crippen LogP contribution in [0.3, 0.4) is 0 Å². The van der Waals surface area contributed by atoms with Crippen LogP contribution in [-0.4, -0.2) is 17.7 Å². The van der Waals surface area contributed by atoms with Gasteiger partial charge in [0.05, 0.1) is 6.61 Å². The predicted octanol–water partition coefficient (Wildman–Crippen LogP) is 2.71. The van der Waals surface area contributed by atoms with E-state index in [9.17, 15) is 4.79 Å². The van der Waals surface area contributed by atoms with Gasteiger partial charge in [0.15, 0.2) is 0 Å². The number of hydrogen-bond donors (Lipinski definition) is 1. The summed E-state index contributed by atoms with van der Waals surface area (Å²) in [6.45, 7) is 4.54. The molecule has 0 heterocycles. The molecule has 1 aromatic carbocycles. The van der Waals surface area contributed by atoms with E-state index in [-0.39, 0.29) is 0 Å². The van der Waals surface area contributed by atoms with Gasteiger partial charge in [0.25, 0.3) is 0 Å². The third-order valence-electron chi connectivity index (χ3n) is 2.36. The van der Waals surface area contributed by atoms with Gasteiger partial charge in [0.2, 0.25) is 0 Å². The Morgan fingerprint density at radius 2 is 2.19 bits per heavy atom. The number of aryl methyl sites for hydroxylation is 1. The minimum atomic E-state index is -0.924. The summed E-state index contributed by atoms with van der Waals surface area (Å²) in [6.07, 6.45) is 3.32. The zero-order chi connectivity index (χ0) is 12.0. The molecule has 1 N–H and O–H groups in total. The van der Waals surface area contributed by atoms with E-state index in [0.29, 0.717) is 13.0 Å². The highest BCUT2D eigenvalue weighted by Gasteiger charge is 2.00. The van der Waals surface area contributed by atoms with Crippen LogP contribution in [0.5, 0.6) is 5.75 Å². The third-order valence-corrected chi connectivity index (χ3v) is 2.36. The van der Waals surface area contributed by atoms with Crippen molar-refractivity contribution in [2.75, 3.05) is 6.61 Å². The number of ether oxygens (including phenoxy) is 1. The van der Waals surface area contributed by atoms with Crippen molar-refractivity contribution in [1.29, 1.82) is 0 Å². The summed E-state index contributed by atoms with van der Waals surface area (Å²) in [5.41, 5.74) is 2.32. The standard InChI is InChI=1S/C13H16O3/c1-10-6-5-7-12(11(10)2)16-9-4-3-8-13(14)15/h3,5-8H,4,9H2,1-2H3,(H,14,15)/b8-3+. The number of carboxylic acids is 1. The van der Waals surface area contributed by atoms with Gasteiger partial charge in [-0.2, -0.15) is 0 Å². The molecule has 3 nitrogen and oxygen atoms in total. The number of carboxylic acid groups (broad SMARTS) is 1. The first-order chi connectivity index (χ1) is 7.61. The maximum atomic E-state index is 10.2. The summed E-state index contributed by atoms with van der Waals surface area (Å²) in [6, 6.07) is 5.90. The van der Waals surface area contributed by atoms with E-state index in [1.807, 2.05) is 32.0 Å². The number of hydrogen-bond acceptors (Lipinski definition) is 2. The average Bonchev–Trinajstić information content (AvgIpc) is 2.23. The third kappa shape index (κ3) is 3.77. The minimum Gasteiger partial charge on any atom is -0.493 e. The molecule has 86 valence electrons. The van der Waals surface area contributed by atoms with Crippen molar-refractivity contribution in [1.82, 2.24) is 0 Å². The van der Waals surface area contributed by atoms with E-state index in [2.05, 4.69) is 0 Å². The summed E-state index contributed by atoms with van der Waals surface area (Å²) in [5.74, 6) is -0.0598. The van der Waals surface area contributed by atoms with Crippen molar-refractivity contribution in [3.63, 3.8) is 0 Å². The first-order valence-corrected chi connectivity index (χ1v) is 5.19. The molecular weight excluding hydrogens is 204 g/mol. The van der Waals surface area contributed by atoms with Crippen molar-refractivity contribution in [3.05, 3.63) is 41.5 Å². The van der Waals surface area contributed by atoms with Gasteiger partial charge in [-0.3, -0.25) is 0 Å². The zero-order valence-electron chi connectivity index (χ0n) is 9.56. The second-order valence-electron chi connectivity index (χ2n) is 3.58. The Morgan fingerprint density at radius 1 is 1.44 bits per heavy atom. The quantitative estimate of drug-likeness (QED) is 0.613. The van der Waals surface area contributed by atoms with Crippen LogP contribution in [0.2, 0.25) is 0 Å². The molecule has 0 aliphatic rings. The molecule has 0 aliphatic heterocycles. The second-order valence-corrected chi connectivity index (χ2v) is 3.58. The predicted molar refractivity (Wildman–Crippen MR) is 62.8 cm³/mol. The van der Waals surface area contributed by atoms with Crippen molar-refractivity contribution in [3.8, 4) is 5.75 Å². The number of aliphatic carboxylic acids is 1. The molecular formula is C13H16O3. The van der Waals surface area contributed by atoms with Gasteiger partial charge >= 0.3 is 5.97 Å². The van der Waals surface area contributed by atoms with Gasteiger partial charge in [-0.05, 0) is 37.5 Å². The lowest BCUT2D eigenvalue weighted by atomic mass is 10.1. The van der Waals surface area contributed by atoms with Gasteiger partial charge in [-0.1, -0.05) is 18.2 Å². The first kappa shape index (κ1) is 12.3. The lowest BCUT2D eigenvalue weighted by molar-refractivity contribution is -0.131. The molecule has 3 heteroatoms. The summed E-state index contributed by atoms with van der Waals surface area (Å²) in [5, 5.41) is 8.38. The lowest BCUT2D eigenvalue weighted by Gasteiger charge is -2.09. The van der Waals surface area contributed by atoms with Crippen LogP contribution in [0.15, 0.2) is 30.4 Å². The molecule has 1 rings (SSSR count). The fourth-order valence-electron chi connectivity index (χ4n) is 1.30. The lowest BCUT2D eigenvalue weighted by Crippen LogP contribution is -1.98. The fraction of sp³-hybridized carbons (Fsp3) is 0.308. The molecule has 0 unspecified atom stereocenters. The molecule has 0 fully saturated rings. The largest absolute Gasteiger partial charge is 0.493 e. The smallest absolute Gasteiger partial charge is 0.327 e. The van der Waals surface area contributed by atoms with Gasteiger partial charge < -0.3 is 9.84 Å². The Balaban J connectivity index is 2.43. The van der Waals surface area contributed by atoms with Crippen LogP contribution in [0, 0.1) is 13.8 Å². The molecule has 16 heavy (non-hydrogen) atoms. The molecule has 1 aromatic rings. The molecule has 0 atom stereocenters. The second kappa shape index (κ2) is 5.95. The highest BCUT2D eigenvalue weighted by atomic mass is 16.5. The summed E-state index contributed by atoms with van der Waals surface area (Å²) in [7, 11) is 0. The van der Waals surface area contributed by atoms with E-state index in [1.54, 1.807) is 6.08 Å². The molecule has 0 spiro atoms. The minimum absolute atomic E-state index is 0.494. The Morgan fingerprint density at radius 3 is 2.88 bits per heavy atom. The molecule has 0 aromatic heterocycles. The zero-order valence-corrected chi connectivity index (χ0v) is 9.56. The van der Waals surface area contributed by atoms with Crippen LogP contribution >= 0.6 is 0 Å². The molecule has 0 aliphatic carbocycles. The number of rotatable bonds is 5. The van der Waals surface area contributed by atoms with E-state index in [4.69, 9.17) is 9.84 Å². The van der Waals surface area contributed by atoms with E-state index in [1.165, 1.54) is 5.56 Å². The fourth-order valence-corrected chi connectivity index (χ4v) is 1.30. The van der Waals surface area contributed by atoms with Crippen molar-refractivity contribution in [2.24, 2.45) is 0 Å². The molecule has 0 saturated carbocycles. The van der Waals surface area contributed by atoms with Gasteiger partial charge in [0, 0.05) is 6.08 Å². The summed E-state index contributed by atoms with van der Waals surface area (Å²) >= 11 is 0. The van der Waals surface area contributed by atoms with Gasteiger partial charge in [-0.25, -0.2) is 4.79 Å². The van der Waals surface area contributed by atoms with Crippen molar-refractivity contribution < 1.29 is 14.6 Å². The maximum absolute atomic E-state index is 10.2. The maximum Gasteiger partial charge on any atom is 0.327 e. The molecule has 0 saturated heterocycles. The van der Waals surface area contributed by atoms with Crippen LogP contribution < -0.4 is 4.74 Å². The Hall–Kier alpha value is -1.77. The number of benzene rings is 1. The van der Waals surface area contributed by atoms with E-state index >= 15 is 0 Å². The normalized spacial score (nSPS) is 10.6. The van der Waals surface area contributed by atoms with Crippen LogP contribution in [0.25, 0.3) is 0 Å². The van der Waals surface area contributed by atoms with Gasteiger partial charge in [-0.15, -0.1) is 0 Å². The molecule has 0 bridgehead atoms. The molecule has 0 radical (unpaired) electrons. The van der Waals surface area contributed by atoms with Crippen LogP contribution in [0.1, 0.15) is 17.5 Å². The van der Waals surface area contributed by atoms with E-state index in [0.717, 1.165) is 17.4 Å². The Labute approximate surface area is 95.4 Å². The first-order valence-electron chi connectivity index (χ1n) is 5.19. The van der Waals surface area contributed by atoms with Crippen molar-refractivity contribution >= 4 is 5.97 Å². The average molecular weight is 220 g/mol. The summed E-state index contributed by atoms with van der Waals surface area (Å²) in [4.78, 5) is 10.2. The SMILES string of the molecule is Cc1cccc(OCC/C=C/C(=O)O)c1C. The highest BCUT2D eigenvalue weighted by Crippen LogP contribution is 2.20. The summed E-state index contributed by atoms with van der Waals surface area (Å²) < 4.78 is 5.56. The number of carbonyl (C=O) groups is 1. The topological polar surface area (TPSA) is 46.5 Å². The van der Waals surface area contributed by atoms with Crippen molar-refractivity contribution in [2.45, 2.75) is 20.3 Å². The van der Waals surface area contributed by atoms with Crippen LogP contribution in [0.4, 0.5) is 0 Å². The Bertz CT molecular complexity index is 394. The van der Waals surface area contributed by atoms with Crippen LogP contribution in [-0.2, 0) is 4.79 Å². The monoisotopic (exact) mass is 220 g/mol. The van der Waals surface area contributed by atoms with Gasteiger partial charge in [0.1, 0.15) is 5.75 Å². The van der Waals surface area contributed by atoms with E-state index < -0.39 is 5.97 Å². The molecule has 0 amide bonds. The highest BCUT2D eigenvalue weighted by molar-refractivity contribution is 5.79.